The molecule has 0 spiro atoms. The first kappa shape index (κ1) is 14.3. The van der Waals surface area contributed by atoms with Gasteiger partial charge in [0.1, 0.15) is 11.5 Å². The number of rotatable bonds is 5. The van der Waals surface area contributed by atoms with Crippen LogP contribution in [0.4, 0.5) is 5.69 Å². The van der Waals surface area contributed by atoms with E-state index in [0.717, 1.165) is 0 Å². The number of nitro groups is 1. The predicted molar refractivity (Wildman–Crippen MR) is 70.8 cm³/mol. The Morgan fingerprint density at radius 3 is 2.55 bits per heavy atom. The first-order valence-corrected chi connectivity index (χ1v) is 5.89. The van der Waals surface area contributed by atoms with E-state index in [0.29, 0.717) is 11.3 Å². The Labute approximate surface area is 115 Å². The lowest BCUT2D eigenvalue weighted by atomic mass is 9.97. The van der Waals surface area contributed by atoms with Gasteiger partial charge >= 0.3 is 0 Å². The maximum atomic E-state index is 10.7. The van der Waals surface area contributed by atoms with Crippen LogP contribution in [0.1, 0.15) is 5.56 Å². The van der Waals surface area contributed by atoms with Crippen LogP contribution in [0.15, 0.2) is 24.0 Å². The molecule has 2 rings (SSSR count). The highest BCUT2D eigenvalue weighted by molar-refractivity contribution is 5.65. The Balaban J connectivity index is 2.43. The van der Waals surface area contributed by atoms with Gasteiger partial charge in [-0.2, -0.15) is 0 Å². The zero-order valence-electron chi connectivity index (χ0n) is 11.2. The highest BCUT2D eigenvalue weighted by atomic mass is 16.6. The molecule has 0 aliphatic carbocycles. The number of hydrogen-bond donors (Lipinski definition) is 1. The summed E-state index contributed by atoms with van der Waals surface area (Å²) in [4.78, 5) is 10.2. The zero-order valence-corrected chi connectivity index (χ0v) is 11.2. The van der Waals surface area contributed by atoms with Crippen molar-refractivity contribution in [2.75, 3.05) is 27.4 Å². The SMILES string of the molecule is COCC1(COC)Oc2ccc([N+](=O)[O-])cc2C=C1O. The van der Waals surface area contributed by atoms with Gasteiger partial charge < -0.3 is 19.3 Å². The smallest absolute Gasteiger partial charge is 0.270 e. The fourth-order valence-electron chi connectivity index (χ4n) is 2.11. The Bertz CT molecular complexity index is 548. The summed E-state index contributed by atoms with van der Waals surface area (Å²) < 4.78 is 15.9. The van der Waals surface area contributed by atoms with Crippen LogP contribution in [-0.2, 0) is 9.47 Å². The molecular weight excluding hydrogens is 266 g/mol. The fraction of sp³-hybridized carbons (Fsp3) is 0.385. The van der Waals surface area contributed by atoms with Gasteiger partial charge in [0, 0.05) is 31.9 Å². The van der Waals surface area contributed by atoms with Crippen molar-refractivity contribution >= 4 is 11.8 Å². The third-order valence-electron chi connectivity index (χ3n) is 3.02. The Hall–Kier alpha value is -2.12. The van der Waals surface area contributed by atoms with E-state index in [1.54, 1.807) is 0 Å². The standard InChI is InChI=1S/C13H15NO6/c1-18-7-13(8-19-2)12(15)6-9-5-10(14(16)17)3-4-11(9)20-13/h3-6,15H,7-8H2,1-2H3. The highest BCUT2D eigenvalue weighted by Gasteiger charge is 2.41. The number of nitro benzene ring substituents is 1. The summed E-state index contributed by atoms with van der Waals surface area (Å²) in [6, 6.07) is 4.19. The summed E-state index contributed by atoms with van der Waals surface area (Å²) >= 11 is 0. The number of methoxy groups -OCH3 is 2. The molecule has 0 saturated heterocycles. The average Bonchev–Trinajstić information content (AvgIpc) is 2.40. The third kappa shape index (κ3) is 2.45. The largest absolute Gasteiger partial charge is 0.508 e. The average molecular weight is 281 g/mol. The number of ether oxygens (including phenoxy) is 3. The lowest BCUT2D eigenvalue weighted by Gasteiger charge is -2.35. The minimum Gasteiger partial charge on any atom is -0.508 e. The molecule has 0 radical (unpaired) electrons. The molecule has 0 aromatic heterocycles. The minimum absolute atomic E-state index is 0.0672. The summed E-state index contributed by atoms with van der Waals surface area (Å²) in [5.41, 5.74) is -0.756. The second-order valence-corrected chi connectivity index (χ2v) is 4.47. The van der Waals surface area contributed by atoms with Crippen LogP contribution in [0, 0.1) is 10.1 Å². The van der Waals surface area contributed by atoms with Crippen molar-refractivity contribution in [2.45, 2.75) is 5.60 Å². The molecule has 7 nitrogen and oxygen atoms in total. The second-order valence-electron chi connectivity index (χ2n) is 4.47. The van der Waals surface area contributed by atoms with Crippen molar-refractivity contribution in [3.05, 3.63) is 39.6 Å². The molecule has 0 fully saturated rings. The number of nitrogens with zero attached hydrogens (tertiary/aromatic N) is 1. The Morgan fingerprint density at radius 2 is 2.00 bits per heavy atom. The second kappa shape index (κ2) is 5.48. The molecule has 1 N–H and O–H groups in total. The molecule has 1 aromatic rings. The number of hydrogen-bond acceptors (Lipinski definition) is 6. The topological polar surface area (TPSA) is 91.1 Å². The zero-order chi connectivity index (χ0) is 14.8. The third-order valence-corrected chi connectivity index (χ3v) is 3.02. The molecule has 0 saturated carbocycles. The van der Waals surface area contributed by atoms with Gasteiger partial charge in [0.15, 0.2) is 0 Å². The van der Waals surface area contributed by atoms with Gasteiger partial charge in [0.05, 0.1) is 18.1 Å². The molecule has 1 aliphatic heterocycles. The van der Waals surface area contributed by atoms with Gasteiger partial charge in [-0.3, -0.25) is 10.1 Å². The molecule has 108 valence electrons. The lowest BCUT2D eigenvalue weighted by Crippen LogP contribution is -2.48. The van der Waals surface area contributed by atoms with Crippen molar-refractivity contribution < 1.29 is 24.2 Å². The predicted octanol–water partition coefficient (Wildman–Crippen LogP) is 1.92. The van der Waals surface area contributed by atoms with Crippen molar-refractivity contribution in [3.8, 4) is 5.75 Å². The first-order valence-electron chi connectivity index (χ1n) is 5.89. The Kier molecular flexibility index (Phi) is 3.91. The van der Waals surface area contributed by atoms with Crippen LogP contribution in [0.25, 0.3) is 6.08 Å². The van der Waals surface area contributed by atoms with Crippen LogP contribution in [0.2, 0.25) is 0 Å². The van der Waals surface area contributed by atoms with Gasteiger partial charge in [0.25, 0.3) is 5.69 Å². The molecule has 7 heteroatoms. The van der Waals surface area contributed by atoms with E-state index in [2.05, 4.69) is 0 Å². The van der Waals surface area contributed by atoms with Crippen LogP contribution < -0.4 is 4.74 Å². The first-order chi connectivity index (χ1) is 9.52. The van der Waals surface area contributed by atoms with E-state index in [1.807, 2.05) is 0 Å². The van der Waals surface area contributed by atoms with Gasteiger partial charge in [0.2, 0.25) is 5.60 Å². The summed E-state index contributed by atoms with van der Waals surface area (Å²) in [5.74, 6) is 0.344. The van der Waals surface area contributed by atoms with E-state index in [4.69, 9.17) is 14.2 Å². The summed E-state index contributed by atoms with van der Waals surface area (Å²) in [5, 5.41) is 20.9. The van der Waals surface area contributed by atoms with E-state index in [-0.39, 0.29) is 24.7 Å². The summed E-state index contributed by atoms with van der Waals surface area (Å²) in [7, 11) is 2.97. The van der Waals surface area contributed by atoms with Crippen LogP contribution in [-0.4, -0.2) is 43.1 Å². The molecule has 1 heterocycles. The minimum atomic E-state index is -1.13. The van der Waals surface area contributed by atoms with E-state index in [9.17, 15) is 15.2 Å². The van der Waals surface area contributed by atoms with E-state index >= 15 is 0 Å². The number of aliphatic hydroxyl groups excluding tert-OH is 1. The lowest BCUT2D eigenvalue weighted by molar-refractivity contribution is -0.384. The number of aliphatic hydroxyl groups is 1. The monoisotopic (exact) mass is 281 g/mol. The quantitative estimate of drug-likeness (QED) is 0.655. The van der Waals surface area contributed by atoms with E-state index < -0.39 is 10.5 Å². The van der Waals surface area contributed by atoms with Crippen molar-refractivity contribution in [3.63, 3.8) is 0 Å². The van der Waals surface area contributed by atoms with Crippen LogP contribution in [0.5, 0.6) is 5.75 Å². The maximum Gasteiger partial charge on any atom is 0.270 e. The molecule has 0 bridgehead atoms. The van der Waals surface area contributed by atoms with Crippen molar-refractivity contribution in [1.82, 2.24) is 0 Å². The molecule has 20 heavy (non-hydrogen) atoms. The molecular formula is C13H15NO6. The van der Waals surface area contributed by atoms with Crippen LogP contribution >= 0.6 is 0 Å². The van der Waals surface area contributed by atoms with Crippen molar-refractivity contribution in [2.24, 2.45) is 0 Å². The number of fused-ring (bicyclic) bond motifs is 1. The molecule has 0 atom stereocenters. The van der Waals surface area contributed by atoms with Crippen molar-refractivity contribution in [1.29, 1.82) is 0 Å². The van der Waals surface area contributed by atoms with Gasteiger partial charge in [-0.1, -0.05) is 0 Å². The summed E-state index contributed by atoms with van der Waals surface area (Å²) in [6.07, 6.45) is 1.43. The maximum absolute atomic E-state index is 10.7. The molecule has 1 aliphatic rings. The summed E-state index contributed by atoms with van der Waals surface area (Å²) in [6.45, 7) is 0.194. The van der Waals surface area contributed by atoms with Gasteiger partial charge in [-0.15, -0.1) is 0 Å². The van der Waals surface area contributed by atoms with Gasteiger partial charge in [-0.05, 0) is 12.1 Å². The molecule has 0 amide bonds. The normalized spacial score (nSPS) is 16.0. The Morgan fingerprint density at radius 1 is 1.35 bits per heavy atom. The number of non-ortho nitro benzene ring substituents is 1. The molecule has 1 aromatic carbocycles. The fourth-order valence-corrected chi connectivity index (χ4v) is 2.11. The highest BCUT2D eigenvalue weighted by Crippen LogP contribution is 2.37. The van der Waals surface area contributed by atoms with Gasteiger partial charge in [-0.25, -0.2) is 0 Å². The number of benzene rings is 1. The van der Waals surface area contributed by atoms with Crippen LogP contribution in [0.3, 0.4) is 0 Å². The molecule has 0 unspecified atom stereocenters. The van der Waals surface area contributed by atoms with E-state index in [1.165, 1.54) is 38.5 Å².